The topological polar surface area (TPSA) is 56.0 Å². The fraction of sp³-hybridized carbons (Fsp3) is 0. The summed E-state index contributed by atoms with van der Waals surface area (Å²) in [7, 11) is 0. The number of pyridine rings is 1. The van der Waals surface area contributed by atoms with E-state index in [1.807, 2.05) is 5.92 Å². The van der Waals surface area contributed by atoms with Crippen molar-refractivity contribution in [2.75, 3.05) is 0 Å². The van der Waals surface area contributed by atoms with E-state index in [4.69, 9.17) is 17.3 Å². The molecule has 0 aliphatic heterocycles. The third-order valence-electron chi connectivity index (χ3n) is 1.14. The molecule has 3 nitrogen and oxygen atoms in total. The fourth-order valence-corrected chi connectivity index (χ4v) is 0.789. The quantitative estimate of drug-likeness (QED) is 0.493. The lowest BCUT2D eigenvalue weighted by molar-refractivity contribution is -0.112. The second-order valence-electron chi connectivity index (χ2n) is 2.10. The number of aromatic nitrogens is 1. The van der Waals surface area contributed by atoms with Crippen molar-refractivity contribution in [1.82, 2.24) is 4.98 Å². The van der Waals surface area contributed by atoms with E-state index in [9.17, 15) is 9.18 Å². The molecule has 0 bridgehead atoms. The Bertz CT molecular complexity index is 408. The van der Waals surface area contributed by atoms with Crippen molar-refractivity contribution in [3.8, 4) is 11.8 Å². The lowest BCUT2D eigenvalue weighted by Gasteiger charge is -1.93. The lowest BCUT2D eigenvalue weighted by Crippen LogP contribution is -2.06. The van der Waals surface area contributed by atoms with E-state index in [1.165, 1.54) is 0 Å². The number of nitrogens with zero attached hydrogens (tertiary/aromatic N) is 1. The Morgan fingerprint density at radius 3 is 3.00 bits per heavy atom. The minimum Gasteiger partial charge on any atom is -0.359 e. The minimum atomic E-state index is -0.798. The SMILES string of the molecule is NC(=O)C#Cc1cc(F)ncc1Cl. The molecular weight excluding hydrogens is 195 g/mol. The van der Waals surface area contributed by atoms with Crippen molar-refractivity contribution in [3.05, 3.63) is 28.8 Å². The van der Waals surface area contributed by atoms with Gasteiger partial charge in [-0.3, -0.25) is 4.79 Å². The van der Waals surface area contributed by atoms with Crippen LogP contribution in [-0.4, -0.2) is 10.9 Å². The van der Waals surface area contributed by atoms with Crippen molar-refractivity contribution in [2.24, 2.45) is 5.73 Å². The van der Waals surface area contributed by atoms with Crippen LogP contribution in [0.15, 0.2) is 12.3 Å². The third-order valence-corrected chi connectivity index (χ3v) is 1.44. The summed E-state index contributed by atoms with van der Waals surface area (Å²) in [5.41, 5.74) is 4.95. The summed E-state index contributed by atoms with van der Waals surface area (Å²) in [5.74, 6) is 2.85. The van der Waals surface area contributed by atoms with Gasteiger partial charge >= 0.3 is 0 Å². The number of hydrogen-bond acceptors (Lipinski definition) is 2. The van der Waals surface area contributed by atoms with Crippen molar-refractivity contribution in [3.63, 3.8) is 0 Å². The molecule has 2 N–H and O–H groups in total. The molecule has 0 spiro atoms. The number of amides is 1. The zero-order chi connectivity index (χ0) is 9.84. The van der Waals surface area contributed by atoms with Crippen molar-refractivity contribution < 1.29 is 9.18 Å². The second kappa shape index (κ2) is 3.87. The Kier molecular flexibility index (Phi) is 2.83. The zero-order valence-electron chi connectivity index (χ0n) is 6.34. The summed E-state index contributed by atoms with van der Waals surface area (Å²) >= 11 is 5.60. The minimum absolute atomic E-state index is 0.176. The van der Waals surface area contributed by atoms with Gasteiger partial charge in [-0.15, -0.1) is 0 Å². The summed E-state index contributed by atoms with van der Waals surface area (Å²) in [5, 5.41) is 0.176. The van der Waals surface area contributed by atoms with Crippen LogP contribution in [-0.2, 0) is 4.79 Å². The number of carbonyl (C=O) groups excluding carboxylic acids is 1. The predicted molar refractivity (Wildman–Crippen MR) is 45.3 cm³/mol. The molecule has 0 aliphatic carbocycles. The van der Waals surface area contributed by atoms with E-state index in [1.54, 1.807) is 0 Å². The Morgan fingerprint density at radius 2 is 2.38 bits per heavy atom. The Balaban J connectivity index is 3.09. The molecule has 1 rings (SSSR count). The largest absolute Gasteiger partial charge is 0.359 e. The van der Waals surface area contributed by atoms with Crippen LogP contribution in [0.25, 0.3) is 0 Å². The molecule has 66 valence electrons. The first-order valence-corrected chi connectivity index (χ1v) is 3.60. The number of halogens is 2. The highest BCUT2D eigenvalue weighted by Crippen LogP contribution is 2.13. The highest BCUT2D eigenvalue weighted by molar-refractivity contribution is 6.31. The predicted octanol–water partition coefficient (Wildman–Crippen LogP) is 0.711. The molecule has 1 heterocycles. The van der Waals surface area contributed by atoms with Crippen molar-refractivity contribution in [1.29, 1.82) is 0 Å². The van der Waals surface area contributed by atoms with Gasteiger partial charge in [0.2, 0.25) is 5.95 Å². The van der Waals surface area contributed by atoms with Gasteiger partial charge in [-0.2, -0.15) is 4.39 Å². The molecular formula is C8H4ClFN2O. The first-order valence-electron chi connectivity index (χ1n) is 3.22. The molecule has 0 aliphatic rings. The van der Waals surface area contributed by atoms with Gasteiger partial charge in [-0.05, 0) is 0 Å². The van der Waals surface area contributed by atoms with E-state index >= 15 is 0 Å². The Hall–Kier alpha value is -1.60. The molecule has 5 heteroatoms. The molecule has 1 aromatic heterocycles. The molecule has 0 saturated carbocycles. The normalized spacial score (nSPS) is 8.77. The standard InChI is InChI=1S/C8H4ClFN2O/c9-6-4-12-7(10)3-5(6)1-2-8(11)13/h3-4H,(H2,11,13). The maximum atomic E-state index is 12.5. The van der Waals surface area contributed by atoms with E-state index in [2.05, 4.69) is 10.9 Å². The van der Waals surface area contributed by atoms with E-state index < -0.39 is 11.9 Å². The average molecular weight is 199 g/mol. The van der Waals surface area contributed by atoms with Crippen molar-refractivity contribution >= 4 is 17.5 Å². The number of nitrogens with two attached hydrogens (primary N) is 1. The van der Waals surface area contributed by atoms with Gasteiger partial charge in [0.25, 0.3) is 5.91 Å². The number of rotatable bonds is 0. The molecule has 0 radical (unpaired) electrons. The van der Waals surface area contributed by atoms with Crippen LogP contribution < -0.4 is 5.73 Å². The van der Waals surface area contributed by atoms with Gasteiger partial charge in [-0.1, -0.05) is 17.5 Å². The number of carbonyl (C=O) groups is 1. The Morgan fingerprint density at radius 1 is 1.69 bits per heavy atom. The van der Waals surface area contributed by atoms with Crippen LogP contribution >= 0.6 is 11.6 Å². The lowest BCUT2D eigenvalue weighted by atomic mass is 10.3. The highest BCUT2D eigenvalue weighted by atomic mass is 35.5. The first kappa shape index (κ1) is 9.49. The van der Waals surface area contributed by atoms with Gasteiger partial charge in [-0.25, -0.2) is 4.98 Å². The van der Waals surface area contributed by atoms with E-state index in [0.717, 1.165) is 12.3 Å². The van der Waals surface area contributed by atoms with Gasteiger partial charge in [0.15, 0.2) is 0 Å². The van der Waals surface area contributed by atoms with E-state index in [0.29, 0.717) is 0 Å². The van der Waals surface area contributed by atoms with Crippen LogP contribution in [0.2, 0.25) is 5.02 Å². The average Bonchev–Trinajstić information content (AvgIpc) is 2.06. The van der Waals surface area contributed by atoms with Crippen LogP contribution in [0.1, 0.15) is 5.56 Å². The Labute approximate surface area is 78.7 Å². The summed E-state index contributed by atoms with van der Waals surface area (Å²) in [6.07, 6.45) is 1.11. The first-order chi connectivity index (χ1) is 6.09. The molecule has 0 atom stereocenters. The number of hydrogen-bond donors (Lipinski definition) is 1. The molecule has 0 saturated heterocycles. The van der Waals surface area contributed by atoms with E-state index in [-0.39, 0.29) is 10.6 Å². The molecule has 0 aromatic carbocycles. The monoisotopic (exact) mass is 198 g/mol. The smallest absolute Gasteiger partial charge is 0.293 e. The highest BCUT2D eigenvalue weighted by Gasteiger charge is 1.99. The van der Waals surface area contributed by atoms with Gasteiger partial charge < -0.3 is 5.73 Å². The van der Waals surface area contributed by atoms with Crippen LogP contribution in [0.3, 0.4) is 0 Å². The van der Waals surface area contributed by atoms with Crippen LogP contribution in [0.4, 0.5) is 4.39 Å². The van der Waals surface area contributed by atoms with Crippen LogP contribution in [0.5, 0.6) is 0 Å². The molecule has 13 heavy (non-hydrogen) atoms. The van der Waals surface area contributed by atoms with Crippen LogP contribution in [0, 0.1) is 17.8 Å². The van der Waals surface area contributed by atoms with Crippen molar-refractivity contribution in [2.45, 2.75) is 0 Å². The number of primary amides is 1. The molecule has 0 fully saturated rings. The summed E-state index contributed by atoms with van der Waals surface area (Å²) in [6, 6.07) is 1.03. The zero-order valence-corrected chi connectivity index (χ0v) is 7.10. The van der Waals surface area contributed by atoms with Gasteiger partial charge in [0.05, 0.1) is 5.02 Å². The molecule has 1 amide bonds. The molecule has 1 aromatic rings. The van der Waals surface area contributed by atoms with Gasteiger partial charge in [0, 0.05) is 23.7 Å². The second-order valence-corrected chi connectivity index (χ2v) is 2.51. The summed E-state index contributed by atoms with van der Waals surface area (Å²) in [6.45, 7) is 0. The fourth-order valence-electron chi connectivity index (χ4n) is 0.638. The van der Waals surface area contributed by atoms with Gasteiger partial charge in [0.1, 0.15) is 0 Å². The maximum absolute atomic E-state index is 12.5. The maximum Gasteiger partial charge on any atom is 0.293 e. The third kappa shape index (κ3) is 2.73. The molecule has 0 unspecified atom stereocenters. The summed E-state index contributed by atoms with van der Waals surface area (Å²) < 4.78 is 12.5. The summed E-state index contributed by atoms with van der Waals surface area (Å²) in [4.78, 5) is 13.5.